The highest BCUT2D eigenvalue weighted by atomic mass is 16.5. The molecule has 4 nitrogen and oxygen atoms in total. The Labute approximate surface area is 99.8 Å². The SMILES string of the molecule is CN1C(=O)COc2ccc(C3(CO)CC3)cc21. The van der Waals surface area contributed by atoms with E-state index >= 15 is 0 Å². The van der Waals surface area contributed by atoms with E-state index in [1.165, 1.54) is 0 Å². The fraction of sp³-hybridized carbons (Fsp3) is 0.462. The number of amides is 1. The van der Waals surface area contributed by atoms with Gasteiger partial charge in [-0.05, 0) is 30.5 Å². The molecule has 90 valence electrons. The van der Waals surface area contributed by atoms with Crippen molar-refractivity contribution in [2.24, 2.45) is 0 Å². The zero-order chi connectivity index (χ0) is 12.0. The molecule has 0 saturated heterocycles. The lowest BCUT2D eigenvalue weighted by molar-refractivity contribution is -0.120. The number of likely N-dealkylation sites (N-methyl/N-ethyl adjacent to an activating group) is 1. The van der Waals surface area contributed by atoms with Crippen molar-refractivity contribution >= 4 is 11.6 Å². The van der Waals surface area contributed by atoms with Crippen LogP contribution in [0.15, 0.2) is 18.2 Å². The molecule has 1 aliphatic carbocycles. The fourth-order valence-corrected chi connectivity index (χ4v) is 2.29. The van der Waals surface area contributed by atoms with Gasteiger partial charge in [-0.25, -0.2) is 0 Å². The van der Waals surface area contributed by atoms with Crippen LogP contribution in [0.5, 0.6) is 5.75 Å². The summed E-state index contributed by atoms with van der Waals surface area (Å²) in [5.74, 6) is 0.702. The average molecular weight is 233 g/mol. The van der Waals surface area contributed by atoms with Crippen molar-refractivity contribution in [2.45, 2.75) is 18.3 Å². The van der Waals surface area contributed by atoms with Gasteiger partial charge in [0.25, 0.3) is 5.91 Å². The molecule has 0 bridgehead atoms. The number of benzene rings is 1. The van der Waals surface area contributed by atoms with Crippen molar-refractivity contribution < 1.29 is 14.6 Å². The minimum atomic E-state index is -0.0731. The molecular formula is C13H15NO3. The number of fused-ring (bicyclic) bond motifs is 1. The number of aliphatic hydroxyl groups excluding tert-OH is 1. The van der Waals surface area contributed by atoms with Crippen LogP contribution in [-0.2, 0) is 10.2 Å². The Morgan fingerprint density at radius 1 is 1.47 bits per heavy atom. The molecular weight excluding hydrogens is 218 g/mol. The number of carbonyl (C=O) groups is 1. The zero-order valence-corrected chi connectivity index (χ0v) is 9.77. The Morgan fingerprint density at radius 3 is 2.88 bits per heavy atom. The fourth-order valence-electron chi connectivity index (χ4n) is 2.29. The summed E-state index contributed by atoms with van der Waals surface area (Å²) in [5.41, 5.74) is 1.83. The van der Waals surface area contributed by atoms with Gasteiger partial charge in [0.15, 0.2) is 6.61 Å². The Hall–Kier alpha value is -1.55. The molecule has 0 spiro atoms. The van der Waals surface area contributed by atoms with Gasteiger partial charge in [-0.2, -0.15) is 0 Å². The lowest BCUT2D eigenvalue weighted by Crippen LogP contribution is -2.35. The van der Waals surface area contributed by atoms with E-state index < -0.39 is 0 Å². The second kappa shape index (κ2) is 3.47. The maximum absolute atomic E-state index is 11.6. The third kappa shape index (κ3) is 1.52. The van der Waals surface area contributed by atoms with Crippen molar-refractivity contribution in [1.29, 1.82) is 0 Å². The van der Waals surface area contributed by atoms with E-state index in [9.17, 15) is 9.90 Å². The highest BCUT2D eigenvalue weighted by molar-refractivity contribution is 5.97. The normalized spacial score (nSPS) is 20.8. The van der Waals surface area contributed by atoms with Gasteiger partial charge in [-0.15, -0.1) is 0 Å². The van der Waals surface area contributed by atoms with Crippen molar-refractivity contribution in [3.8, 4) is 5.75 Å². The van der Waals surface area contributed by atoms with Gasteiger partial charge in [0.05, 0.1) is 12.3 Å². The molecule has 0 radical (unpaired) electrons. The summed E-state index contributed by atoms with van der Waals surface area (Å²) in [6, 6.07) is 5.85. The lowest BCUT2D eigenvalue weighted by atomic mass is 9.96. The molecule has 17 heavy (non-hydrogen) atoms. The smallest absolute Gasteiger partial charge is 0.264 e. The average Bonchev–Trinajstić information content (AvgIpc) is 3.15. The highest BCUT2D eigenvalue weighted by Crippen LogP contribution is 2.49. The molecule has 1 aromatic rings. The lowest BCUT2D eigenvalue weighted by Gasteiger charge is -2.27. The Kier molecular flexibility index (Phi) is 2.16. The first-order chi connectivity index (χ1) is 8.16. The molecule has 1 aromatic carbocycles. The van der Waals surface area contributed by atoms with Crippen LogP contribution in [0.25, 0.3) is 0 Å². The van der Waals surface area contributed by atoms with Crippen molar-refractivity contribution in [3.63, 3.8) is 0 Å². The molecule has 0 atom stereocenters. The van der Waals surface area contributed by atoms with Crippen molar-refractivity contribution in [2.75, 3.05) is 25.2 Å². The van der Waals surface area contributed by atoms with Crippen LogP contribution in [-0.4, -0.2) is 31.3 Å². The Bertz CT molecular complexity index is 480. The predicted molar refractivity (Wildman–Crippen MR) is 63.3 cm³/mol. The quantitative estimate of drug-likeness (QED) is 0.831. The summed E-state index contributed by atoms with van der Waals surface area (Å²) in [4.78, 5) is 13.2. The largest absolute Gasteiger partial charge is 0.482 e. The molecule has 1 heterocycles. The van der Waals surface area contributed by atoms with E-state index in [0.29, 0.717) is 0 Å². The summed E-state index contributed by atoms with van der Waals surface area (Å²) in [6.45, 7) is 0.276. The molecule has 4 heteroatoms. The molecule has 1 fully saturated rings. The number of anilines is 1. The second-order valence-corrected chi connectivity index (χ2v) is 4.86. The van der Waals surface area contributed by atoms with Gasteiger partial charge >= 0.3 is 0 Å². The molecule has 2 aliphatic rings. The van der Waals surface area contributed by atoms with Crippen LogP contribution < -0.4 is 9.64 Å². The van der Waals surface area contributed by atoms with E-state index in [-0.39, 0.29) is 24.5 Å². The number of rotatable bonds is 2. The third-order valence-corrected chi connectivity index (χ3v) is 3.81. The first-order valence-electron chi connectivity index (χ1n) is 5.81. The maximum Gasteiger partial charge on any atom is 0.264 e. The summed E-state index contributed by atoms with van der Waals surface area (Å²) in [7, 11) is 1.76. The van der Waals surface area contributed by atoms with E-state index in [4.69, 9.17) is 4.74 Å². The van der Waals surface area contributed by atoms with Crippen LogP contribution in [0.1, 0.15) is 18.4 Å². The van der Waals surface area contributed by atoms with Gasteiger partial charge in [-0.1, -0.05) is 6.07 Å². The minimum Gasteiger partial charge on any atom is -0.482 e. The Morgan fingerprint density at radius 2 is 2.24 bits per heavy atom. The molecule has 1 saturated carbocycles. The van der Waals surface area contributed by atoms with E-state index in [2.05, 4.69) is 0 Å². The van der Waals surface area contributed by atoms with Crippen LogP contribution in [0.3, 0.4) is 0 Å². The first kappa shape index (κ1) is 10.6. The molecule has 0 aromatic heterocycles. The van der Waals surface area contributed by atoms with Gasteiger partial charge in [0, 0.05) is 12.5 Å². The molecule has 1 aliphatic heterocycles. The monoisotopic (exact) mass is 233 g/mol. The number of nitrogens with zero attached hydrogens (tertiary/aromatic N) is 1. The minimum absolute atomic E-state index is 0.0384. The zero-order valence-electron chi connectivity index (χ0n) is 9.77. The van der Waals surface area contributed by atoms with Gasteiger partial charge < -0.3 is 14.7 Å². The second-order valence-electron chi connectivity index (χ2n) is 4.86. The maximum atomic E-state index is 11.6. The topological polar surface area (TPSA) is 49.8 Å². The van der Waals surface area contributed by atoms with Gasteiger partial charge in [-0.3, -0.25) is 4.79 Å². The van der Waals surface area contributed by atoms with E-state index in [0.717, 1.165) is 29.8 Å². The number of hydrogen-bond donors (Lipinski definition) is 1. The number of aliphatic hydroxyl groups is 1. The van der Waals surface area contributed by atoms with Crippen LogP contribution in [0.4, 0.5) is 5.69 Å². The predicted octanol–water partition coefficient (Wildman–Crippen LogP) is 1.07. The van der Waals surface area contributed by atoms with Crippen molar-refractivity contribution in [1.82, 2.24) is 0 Å². The third-order valence-electron chi connectivity index (χ3n) is 3.81. The van der Waals surface area contributed by atoms with Gasteiger partial charge in [0.2, 0.25) is 0 Å². The van der Waals surface area contributed by atoms with Crippen LogP contribution >= 0.6 is 0 Å². The molecule has 0 unspecified atom stereocenters. The number of ether oxygens (including phenoxy) is 1. The van der Waals surface area contributed by atoms with Crippen molar-refractivity contribution in [3.05, 3.63) is 23.8 Å². The van der Waals surface area contributed by atoms with Crippen LogP contribution in [0, 0.1) is 0 Å². The summed E-state index contributed by atoms with van der Waals surface area (Å²) in [6.07, 6.45) is 2.03. The number of hydrogen-bond acceptors (Lipinski definition) is 3. The Balaban J connectivity index is 2.03. The molecule has 3 rings (SSSR count). The summed E-state index contributed by atoms with van der Waals surface area (Å²) < 4.78 is 5.37. The standard InChI is InChI=1S/C13H15NO3/c1-14-10-6-9(13(8-15)4-5-13)2-3-11(10)17-7-12(14)16/h2-3,6,15H,4-5,7-8H2,1H3. The highest BCUT2D eigenvalue weighted by Gasteiger charge is 2.44. The van der Waals surface area contributed by atoms with E-state index in [1.807, 2.05) is 18.2 Å². The molecule has 1 N–H and O–H groups in total. The number of carbonyl (C=O) groups excluding carboxylic acids is 1. The summed E-state index contributed by atoms with van der Waals surface area (Å²) in [5, 5.41) is 9.42. The molecule has 1 amide bonds. The van der Waals surface area contributed by atoms with Crippen LogP contribution in [0.2, 0.25) is 0 Å². The first-order valence-corrected chi connectivity index (χ1v) is 5.81. The van der Waals surface area contributed by atoms with E-state index in [1.54, 1.807) is 11.9 Å². The summed E-state index contributed by atoms with van der Waals surface area (Å²) >= 11 is 0. The van der Waals surface area contributed by atoms with Gasteiger partial charge in [0.1, 0.15) is 5.75 Å².